The van der Waals surface area contributed by atoms with Gasteiger partial charge in [0.1, 0.15) is 0 Å². The van der Waals surface area contributed by atoms with E-state index in [1.807, 2.05) is 0 Å². The van der Waals surface area contributed by atoms with Gasteiger partial charge in [0.2, 0.25) is 5.60 Å². The molecule has 10 heteroatoms. The zero-order valence-corrected chi connectivity index (χ0v) is 13.5. The molecule has 0 unspecified atom stereocenters. The smallest absolute Gasteiger partial charge is 1.00 e. The van der Waals surface area contributed by atoms with Crippen molar-refractivity contribution in [3.8, 4) is 0 Å². The van der Waals surface area contributed by atoms with E-state index in [1.54, 1.807) is 0 Å². The number of carbonyl (C=O) groups is 3. The quantitative estimate of drug-likeness (QED) is 0.413. The Hall–Kier alpha value is 0.660. The summed E-state index contributed by atoms with van der Waals surface area (Å²) < 4.78 is 3.93. The molecule has 0 spiro atoms. The van der Waals surface area contributed by atoms with Gasteiger partial charge in [-0.1, -0.05) is 0 Å². The van der Waals surface area contributed by atoms with Gasteiger partial charge in [-0.25, -0.2) is 4.79 Å². The van der Waals surface area contributed by atoms with Gasteiger partial charge < -0.3 is 18.2 Å². The van der Waals surface area contributed by atoms with Crippen LogP contribution in [0.2, 0.25) is 0 Å². The van der Waals surface area contributed by atoms with Crippen LogP contribution in [0, 0.1) is 0 Å². The second kappa shape index (κ2) is 9.67. The number of hydrogen-bond donors (Lipinski definition) is 3. The molecule has 0 aromatic heterocycles. The second-order valence-corrected chi connectivity index (χ2v) is 2.67. The van der Waals surface area contributed by atoms with Crippen molar-refractivity contribution >= 4 is 29.8 Å². The van der Waals surface area contributed by atoms with Crippen molar-refractivity contribution in [3.63, 3.8) is 0 Å². The fourth-order valence-corrected chi connectivity index (χ4v) is 0.965. The molecule has 0 aliphatic carbocycles. The summed E-state index contributed by atoms with van der Waals surface area (Å²) in [6.07, 6.45) is -2.06. The maximum absolute atomic E-state index is 10.6. The average molecular weight is 275 g/mol. The van der Waals surface area contributed by atoms with E-state index in [0.717, 1.165) is 0 Å². The van der Waals surface area contributed by atoms with E-state index >= 15 is 0 Å². The van der Waals surface area contributed by atoms with E-state index in [2.05, 4.69) is 4.29 Å². The molecule has 0 rings (SSSR count). The van der Waals surface area contributed by atoms with Gasteiger partial charge in [0.05, 0.1) is 24.7 Å². The van der Waals surface area contributed by atoms with E-state index in [4.69, 9.17) is 27.2 Å². The van der Waals surface area contributed by atoms with Gasteiger partial charge in [-0.2, -0.15) is 0 Å². The first kappa shape index (κ1) is 21.9. The van der Waals surface area contributed by atoms with Gasteiger partial charge in [0, 0.05) is 0 Å². The summed E-state index contributed by atoms with van der Waals surface area (Å²) in [5.41, 5.74) is -2.43. The Labute approximate surface area is 143 Å². The summed E-state index contributed by atoms with van der Waals surface area (Å²) in [5, 5.41) is 25.3. The third-order valence-electron chi connectivity index (χ3n) is 1.41. The number of carboxylic acid groups (broad SMARTS) is 3. The van der Waals surface area contributed by atoms with Crippen molar-refractivity contribution < 1.29 is 96.0 Å². The Bertz CT molecular complexity index is 263. The van der Waals surface area contributed by atoms with Gasteiger partial charge in [-0.05, 0) is 0 Å². The first-order valence-electron chi connectivity index (χ1n) is 3.31. The predicted molar refractivity (Wildman–Crippen MR) is 44.0 cm³/mol. The minimum absolute atomic E-state index is 0. The Morgan fingerprint density at radius 3 is 1.50 bits per heavy atom. The number of carboxylic acids is 3. The van der Waals surface area contributed by atoms with Crippen molar-refractivity contribution in [2.75, 3.05) is 0 Å². The van der Waals surface area contributed by atoms with Crippen molar-refractivity contribution in [1.82, 2.24) is 0 Å². The van der Waals surface area contributed by atoms with Crippen molar-refractivity contribution in [2.45, 2.75) is 18.4 Å². The van der Waals surface area contributed by atoms with Crippen molar-refractivity contribution in [1.29, 1.82) is 0 Å². The summed E-state index contributed by atoms with van der Waals surface area (Å²) >= 11 is 4.80. The first-order chi connectivity index (χ1) is 6.34. The van der Waals surface area contributed by atoms with Gasteiger partial charge in [-0.3, -0.25) is 13.9 Å². The number of halogens is 1. The molecule has 0 aromatic carbocycles. The first-order valence-corrected chi connectivity index (χ1v) is 3.61. The molecule has 0 fully saturated rings. The van der Waals surface area contributed by atoms with Crippen LogP contribution in [0.4, 0.5) is 0 Å². The Balaban J connectivity index is -0.000000141. The van der Waals surface area contributed by atoms with E-state index in [1.165, 1.54) is 0 Å². The van der Waals surface area contributed by atoms with Gasteiger partial charge in [0.15, 0.2) is 0 Å². The fraction of sp³-hybridized carbons (Fsp3) is 0.500. The van der Waals surface area contributed by atoms with Crippen molar-refractivity contribution in [3.05, 3.63) is 0 Å². The molecule has 0 saturated carbocycles. The van der Waals surface area contributed by atoms with Crippen LogP contribution in [0.15, 0.2) is 0 Å². The van der Waals surface area contributed by atoms with Gasteiger partial charge >= 0.3 is 77.0 Å². The molecule has 84 valence electrons. The van der Waals surface area contributed by atoms with Crippen LogP contribution in [0.5, 0.6) is 0 Å². The monoisotopic (exact) mass is 274 g/mol. The largest absolute Gasteiger partial charge is 1.00 e. The Morgan fingerprint density at radius 1 is 1.06 bits per heavy atom. The second-order valence-electron chi connectivity index (χ2n) is 2.52. The van der Waals surface area contributed by atoms with Crippen LogP contribution >= 0.6 is 11.9 Å². The van der Waals surface area contributed by atoms with Crippen LogP contribution in [0.25, 0.3) is 0 Å². The Kier molecular flexibility index (Phi) is 13.2. The third kappa shape index (κ3) is 7.08. The molecule has 3 N–H and O–H groups in total. The molecular formula is C6H9ClNa2O7. The number of aliphatic carboxylic acids is 3. The summed E-state index contributed by atoms with van der Waals surface area (Å²) in [4.78, 5) is 31.1. The molecule has 0 aromatic rings. The fourth-order valence-electron chi connectivity index (χ4n) is 0.790. The minimum Gasteiger partial charge on any atom is -1.00 e. The number of rotatable bonds is 6. The SMILES string of the molecule is O=C(O)CC(CC(=O)O)(OCl)C(=O)O.[H-].[H-].[Na+].[Na+]. The molecule has 0 aliphatic rings. The summed E-state index contributed by atoms with van der Waals surface area (Å²) in [6.45, 7) is 0. The average Bonchev–Trinajstić information content (AvgIpc) is 2.00. The van der Waals surface area contributed by atoms with Crippen LogP contribution in [-0.4, -0.2) is 38.8 Å². The molecule has 0 amide bonds. The van der Waals surface area contributed by atoms with Crippen LogP contribution < -0.4 is 59.1 Å². The predicted octanol–water partition coefficient (Wildman–Crippen LogP) is -5.84. The molecule has 0 radical (unpaired) electrons. The maximum Gasteiger partial charge on any atom is 1.00 e. The van der Waals surface area contributed by atoms with Gasteiger partial charge in [-0.15, -0.1) is 0 Å². The molecule has 7 nitrogen and oxygen atoms in total. The molecule has 16 heavy (non-hydrogen) atoms. The topological polar surface area (TPSA) is 121 Å². The minimum atomic E-state index is -2.43. The molecule has 0 heterocycles. The zero-order chi connectivity index (χ0) is 11.4. The molecular weight excluding hydrogens is 265 g/mol. The summed E-state index contributed by atoms with van der Waals surface area (Å²) in [7, 11) is 0. The number of hydrogen-bond acceptors (Lipinski definition) is 4. The van der Waals surface area contributed by atoms with E-state index < -0.39 is 36.4 Å². The molecule has 0 saturated heterocycles. The standard InChI is InChI=1S/C6H7ClO7.2Na.2H/c7-14-6(5(12)13,1-3(8)9)2-4(10)11;;;;/h1-2H2,(H,8,9)(H,10,11)(H,12,13);;;;/q;2*+1;2*-1. The van der Waals surface area contributed by atoms with E-state index in [9.17, 15) is 14.4 Å². The molecule has 0 aliphatic heterocycles. The summed E-state index contributed by atoms with van der Waals surface area (Å²) in [5.74, 6) is -4.78. The van der Waals surface area contributed by atoms with Crippen molar-refractivity contribution in [2.24, 2.45) is 0 Å². The normalized spacial score (nSPS) is 9.56. The summed E-state index contributed by atoms with van der Waals surface area (Å²) in [6, 6.07) is 0. The molecule has 0 bridgehead atoms. The Morgan fingerprint density at radius 2 is 1.38 bits per heavy atom. The zero-order valence-electron chi connectivity index (χ0n) is 10.8. The van der Waals surface area contributed by atoms with Crippen LogP contribution in [0.1, 0.15) is 15.7 Å². The van der Waals surface area contributed by atoms with Crippen LogP contribution in [0.3, 0.4) is 0 Å². The third-order valence-corrected chi connectivity index (χ3v) is 1.71. The molecule has 0 atom stereocenters. The van der Waals surface area contributed by atoms with Gasteiger partial charge in [0.25, 0.3) is 0 Å². The maximum atomic E-state index is 10.6. The van der Waals surface area contributed by atoms with E-state index in [-0.39, 0.29) is 62.0 Å². The van der Waals surface area contributed by atoms with E-state index in [0.29, 0.717) is 0 Å². The van der Waals surface area contributed by atoms with Crippen LogP contribution in [-0.2, 0) is 18.7 Å².